The van der Waals surface area contributed by atoms with E-state index in [9.17, 15) is 4.79 Å². The van der Waals surface area contributed by atoms with Crippen LogP contribution in [-0.4, -0.2) is 36.5 Å². The van der Waals surface area contributed by atoms with Crippen molar-refractivity contribution >= 4 is 11.7 Å². The third kappa shape index (κ3) is 7.01. The van der Waals surface area contributed by atoms with Gasteiger partial charge in [-0.15, -0.1) is 0 Å². The summed E-state index contributed by atoms with van der Waals surface area (Å²) in [5, 5.41) is 10.9. The zero-order valence-corrected chi connectivity index (χ0v) is 7.21. The van der Waals surface area contributed by atoms with E-state index >= 15 is 0 Å². The molecule has 0 heterocycles. The maximum Gasteiger partial charge on any atom is 0.221 e. The summed E-state index contributed by atoms with van der Waals surface area (Å²) in [6.45, 7) is 2.33. The molecule has 0 atom stereocenters. The smallest absolute Gasteiger partial charge is 0.221 e. The predicted molar refractivity (Wildman–Crippen MR) is 46.9 cm³/mol. The number of nitrogens with one attached hydrogen (secondary N) is 1. The Bertz CT molecular complexity index is 164. The van der Waals surface area contributed by atoms with Crippen molar-refractivity contribution in [3.8, 4) is 0 Å². The number of carbonyl (C=O) groups excluding carboxylic acids is 1. The molecular formula is C7H15N3O2. The number of aliphatic hydroxyl groups excluding tert-OH is 1. The fourth-order valence-corrected chi connectivity index (χ4v) is 0.618. The van der Waals surface area contributed by atoms with Gasteiger partial charge in [-0.3, -0.25) is 9.79 Å². The van der Waals surface area contributed by atoms with Gasteiger partial charge in [-0.05, 0) is 6.92 Å². The van der Waals surface area contributed by atoms with Gasteiger partial charge < -0.3 is 16.2 Å². The zero-order valence-electron chi connectivity index (χ0n) is 7.21. The average molecular weight is 173 g/mol. The Morgan fingerprint density at radius 1 is 1.67 bits per heavy atom. The lowest BCUT2D eigenvalue weighted by atomic mass is 10.4. The molecule has 0 aliphatic carbocycles. The molecule has 5 heteroatoms. The third-order valence-corrected chi connectivity index (χ3v) is 1.13. The SMILES string of the molecule is CC(N)=NCCC(=O)NCCO. The van der Waals surface area contributed by atoms with Gasteiger partial charge in [0.1, 0.15) is 0 Å². The largest absolute Gasteiger partial charge is 0.395 e. The summed E-state index contributed by atoms with van der Waals surface area (Å²) in [4.78, 5) is 14.7. The Labute approximate surface area is 71.7 Å². The monoisotopic (exact) mass is 173 g/mol. The molecule has 0 aliphatic heterocycles. The molecule has 0 aliphatic rings. The highest BCUT2D eigenvalue weighted by atomic mass is 16.3. The molecule has 12 heavy (non-hydrogen) atoms. The van der Waals surface area contributed by atoms with Crippen LogP contribution >= 0.6 is 0 Å². The highest BCUT2D eigenvalue weighted by molar-refractivity contribution is 5.79. The van der Waals surface area contributed by atoms with Gasteiger partial charge in [0.05, 0.1) is 12.4 Å². The van der Waals surface area contributed by atoms with Crippen molar-refractivity contribution < 1.29 is 9.90 Å². The highest BCUT2D eigenvalue weighted by Crippen LogP contribution is 1.81. The van der Waals surface area contributed by atoms with E-state index in [1.54, 1.807) is 6.92 Å². The van der Waals surface area contributed by atoms with E-state index < -0.39 is 0 Å². The molecule has 0 saturated heterocycles. The Morgan fingerprint density at radius 3 is 2.83 bits per heavy atom. The molecule has 0 fully saturated rings. The van der Waals surface area contributed by atoms with Crippen LogP contribution in [0.2, 0.25) is 0 Å². The molecule has 0 aromatic heterocycles. The van der Waals surface area contributed by atoms with Crippen LogP contribution in [-0.2, 0) is 4.79 Å². The maximum atomic E-state index is 10.9. The van der Waals surface area contributed by atoms with E-state index in [-0.39, 0.29) is 12.5 Å². The van der Waals surface area contributed by atoms with Crippen molar-refractivity contribution in [2.45, 2.75) is 13.3 Å². The van der Waals surface area contributed by atoms with Crippen LogP contribution in [0.25, 0.3) is 0 Å². The number of carbonyl (C=O) groups is 1. The number of aliphatic imine (C=N–C) groups is 1. The van der Waals surface area contributed by atoms with Crippen molar-refractivity contribution in [1.29, 1.82) is 0 Å². The molecule has 1 amide bonds. The minimum Gasteiger partial charge on any atom is -0.395 e. The van der Waals surface area contributed by atoms with E-state index in [4.69, 9.17) is 10.8 Å². The molecule has 5 nitrogen and oxygen atoms in total. The van der Waals surface area contributed by atoms with Crippen LogP contribution in [0, 0.1) is 0 Å². The molecule has 0 aromatic carbocycles. The third-order valence-electron chi connectivity index (χ3n) is 1.13. The van der Waals surface area contributed by atoms with E-state index in [1.807, 2.05) is 0 Å². The second kappa shape index (κ2) is 6.60. The minimum absolute atomic E-state index is 0.0368. The number of nitrogens with two attached hydrogens (primary N) is 1. The quantitative estimate of drug-likeness (QED) is 0.363. The van der Waals surface area contributed by atoms with Crippen molar-refractivity contribution in [2.75, 3.05) is 19.7 Å². The minimum atomic E-state index is -0.117. The fourth-order valence-electron chi connectivity index (χ4n) is 0.618. The van der Waals surface area contributed by atoms with Crippen LogP contribution in [0.3, 0.4) is 0 Å². The lowest BCUT2D eigenvalue weighted by Gasteiger charge is -2.00. The van der Waals surface area contributed by atoms with E-state index in [0.717, 1.165) is 0 Å². The van der Waals surface area contributed by atoms with Gasteiger partial charge in [-0.25, -0.2) is 0 Å². The molecule has 0 rings (SSSR count). The van der Waals surface area contributed by atoms with Crippen LogP contribution in [0.15, 0.2) is 4.99 Å². The molecule has 0 saturated carbocycles. The van der Waals surface area contributed by atoms with Crippen molar-refractivity contribution in [1.82, 2.24) is 5.32 Å². The summed E-state index contributed by atoms with van der Waals surface area (Å²) in [5.41, 5.74) is 5.26. The zero-order chi connectivity index (χ0) is 9.40. The number of amidine groups is 1. The van der Waals surface area contributed by atoms with Gasteiger partial charge in [0.15, 0.2) is 0 Å². The van der Waals surface area contributed by atoms with Gasteiger partial charge in [-0.2, -0.15) is 0 Å². The average Bonchev–Trinajstić information content (AvgIpc) is 2.00. The number of rotatable bonds is 5. The first kappa shape index (κ1) is 10.9. The molecule has 4 N–H and O–H groups in total. The number of aliphatic hydroxyl groups is 1. The second-order valence-corrected chi connectivity index (χ2v) is 2.35. The first-order chi connectivity index (χ1) is 5.66. The molecule has 70 valence electrons. The molecule has 0 unspecified atom stereocenters. The number of hydrogen-bond donors (Lipinski definition) is 3. The molecule has 0 radical (unpaired) electrons. The summed E-state index contributed by atoms with van der Waals surface area (Å²) < 4.78 is 0. The molecular weight excluding hydrogens is 158 g/mol. The standard InChI is InChI=1S/C7H15N3O2/c1-6(8)9-3-2-7(12)10-4-5-11/h11H,2-5H2,1H3,(H2,8,9)(H,10,12). The van der Waals surface area contributed by atoms with Crippen molar-refractivity contribution in [2.24, 2.45) is 10.7 Å². The summed E-state index contributed by atoms with van der Waals surface area (Å²) in [6, 6.07) is 0. The lowest BCUT2D eigenvalue weighted by molar-refractivity contribution is -0.121. The van der Waals surface area contributed by atoms with Crippen molar-refractivity contribution in [3.63, 3.8) is 0 Å². The van der Waals surface area contributed by atoms with E-state index in [0.29, 0.717) is 25.3 Å². The Balaban J connectivity index is 3.38. The van der Waals surface area contributed by atoms with E-state index in [1.165, 1.54) is 0 Å². The molecule has 0 aromatic rings. The van der Waals surface area contributed by atoms with Crippen LogP contribution in [0.5, 0.6) is 0 Å². The van der Waals surface area contributed by atoms with E-state index in [2.05, 4.69) is 10.3 Å². The fraction of sp³-hybridized carbons (Fsp3) is 0.714. The predicted octanol–water partition coefficient (Wildman–Crippen LogP) is -1.14. The first-order valence-corrected chi connectivity index (χ1v) is 3.81. The van der Waals surface area contributed by atoms with Gasteiger partial charge in [0.25, 0.3) is 0 Å². The Kier molecular flexibility index (Phi) is 6.00. The summed E-state index contributed by atoms with van der Waals surface area (Å²) in [5.74, 6) is 0.360. The Morgan fingerprint density at radius 2 is 2.33 bits per heavy atom. The van der Waals surface area contributed by atoms with Gasteiger partial charge >= 0.3 is 0 Å². The topological polar surface area (TPSA) is 87.7 Å². The molecule has 0 bridgehead atoms. The normalized spacial score (nSPS) is 11.3. The molecule has 0 spiro atoms. The van der Waals surface area contributed by atoms with Crippen LogP contribution < -0.4 is 11.1 Å². The summed E-state index contributed by atoms with van der Waals surface area (Å²) in [7, 11) is 0. The Hall–Kier alpha value is -1.10. The van der Waals surface area contributed by atoms with Gasteiger partial charge in [0.2, 0.25) is 5.91 Å². The van der Waals surface area contributed by atoms with Gasteiger partial charge in [0, 0.05) is 19.5 Å². The van der Waals surface area contributed by atoms with Crippen molar-refractivity contribution in [3.05, 3.63) is 0 Å². The van der Waals surface area contributed by atoms with Crippen LogP contribution in [0.4, 0.5) is 0 Å². The first-order valence-electron chi connectivity index (χ1n) is 3.81. The lowest BCUT2D eigenvalue weighted by Crippen LogP contribution is -2.26. The highest BCUT2D eigenvalue weighted by Gasteiger charge is 1.97. The van der Waals surface area contributed by atoms with Gasteiger partial charge in [-0.1, -0.05) is 0 Å². The van der Waals surface area contributed by atoms with Crippen LogP contribution in [0.1, 0.15) is 13.3 Å². The number of nitrogens with zero attached hydrogens (tertiary/aromatic N) is 1. The summed E-state index contributed by atoms with van der Waals surface area (Å²) >= 11 is 0. The number of hydrogen-bond acceptors (Lipinski definition) is 3. The number of amides is 1. The summed E-state index contributed by atoms with van der Waals surface area (Å²) in [6.07, 6.45) is 0.314. The second-order valence-electron chi connectivity index (χ2n) is 2.35. The maximum absolute atomic E-state index is 10.9.